The number of amides is 2. The van der Waals surface area contributed by atoms with Crippen molar-refractivity contribution in [2.24, 2.45) is 13.0 Å². The van der Waals surface area contributed by atoms with Gasteiger partial charge in [-0.05, 0) is 49.4 Å². The van der Waals surface area contributed by atoms with Crippen molar-refractivity contribution < 1.29 is 9.18 Å². The Balaban J connectivity index is 1.39. The number of hydrogen-bond donors (Lipinski definition) is 1. The standard InChI is InChI=1S/C20H26FN5O/c1-24-12-9-22-19(24)18(15-3-4-15)23-20(27)26-11-2-10-25(13-14-26)17-7-5-16(21)6-8-17/h5-9,12,15,18H,2-4,10-11,13-14H2,1H3,(H,23,27)/t18-/m1/s1. The van der Waals surface area contributed by atoms with E-state index in [0.29, 0.717) is 12.5 Å². The largest absolute Gasteiger partial charge is 0.370 e. The number of benzene rings is 1. The predicted molar refractivity (Wildman–Crippen MR) is 102 cm³/mol. The fourth-order valence-corrected chi connectivity index (χ4v) is 3.75. The molecule has 2 heterocycles. The lowest BCUT2D eigenvalue weighted by molar-refractivity contribution is 0.194. The molecule has 0 unspecified atom stereocenters. The first-order valence-corrected chi connectivity index (χ1v) is 9.65. The van der Waals surface area contributed by atoms with E-state index in [2.05, 4.69) is 15.2 Å². The van der Waals surface area contributed by atoms with E-state index in [0.717, 1.165) is 50.4 Å². The quantitative estimate of drug-likeness (QED) is 0.899. The van der Waals surface area contributed by atoms with Crippen LogP contribution in [0.15, 0.2) is 36.7 Å². The Labute approximate surface area is 159 Å². The summed E-state index contributed by atoms with van der Waals surface area (Å²) in [5, 5.41) is 3.22. The van der Waals surface area contributed by atoms with Crippen LogP contribution in [0, 0.1) is 11.7 Å². The summed E-state index contributed by atoms with van der Waals surface area (Å²) in [5.41, 5.74) is 1.00. The number of carbonyl (C=O) groups excluding carboxylic acids is 1. The van der Waals surface area contributed by atoms with Gasteiger partial charge >= 0.3 is 6.03 Å². The van der Waals surface area contributed by atoms with Crippen LogP contribution in [0.4, 0.5) is 14.9 Å². The van der Waals surface area contributed by atoms with Crippen LogP contribution in [0.2, 0.25) is 0 Å². The first-order chi connectivity index (χ1) is 13.1. The molecule has 1 aliphatic heterocycles. The number of rotatable bonds is 4. The van der Waals surface area contributed by atoms with Gasteiger partial charge < -0.3 is 19.7 Å². The summed E-state index contributed by atoms with van der Waals surface area (Å²) in [4.78, 5) is 21.4. The number of nitrogens with zero attached hydrogens (tertiary/aromatic N) is 4. The molecule has 2 fully saturated rings. The maximum atomic E-state index is 13.2. The van der Waals surface area contributed by atoms with Gasteiger partial charge in [0.1, 0.15) is 11.6 Å². The zero-order chi connectivity index (χ0) is 18.8. The number of carbonyl (C=O) groups is 1. The molecule has 1 aromatic carbocycles. The molecule has 2 aliphatic rings. The molecular formula is C20H26FN5O. The van der Waals surface area contributed by atoms with Crippen molar-refractivity contribution >= 4 is 11.7 Å². The van der Waals surface area contributed by atoms with Gasteiger partial charge in [-0.3, -0.25) is 0 Å². The Morgan fingerprint density at radius 2 is 1.96 bits per heavy atom. The maximum absolute atomic E-state index is 13.2. The summed E-state index contributed by atoms with van der Waals surface area (Å²) in [6.07, 6.45) is 6.86. The Morgan fingerprint density at radius 1 is 1.19 bits per heavy atom. The van der Waals surface area contributed by atoms with Crippen LogP contribution in [0.1, 0.15) is 31.1 Å². The van der Waals surface area contributed by atoms with Crippen molar-refractivity contribution in [2.45, 2.75) is 25.3 Å². The van der Waals surface area contributed by atoms with E-state index in [9.17, 15) is 9.18 Å². The average Bonchev–Trinajstić information content (AvgIpc) is 3.45. The zero-order valence-corrected chi connectivity index (χ0v) is 15.6. The number of anilines is 1. The number of aromatic nitrogens is 2. The highest BCUT2D eigenvalue weighted by atomic mass is 19.1. The zero-order valence-electron chi connectivity index (χ0n) is 15.6. The van der Waals surface area contributed by atoms with Gasteiger partial charge in [0.25, 0.3) is 0 Å². The van der Waals surface area contributed by atoms with E-state index >= 15 is 0 Å². The lowest BCUT2D eigenvalue weighted by Gasteiger charge is -2.26. The monoisotopic (exact) mass is 371 g/mol. The molecular weight excluding hydrogens is 345 g/mol. The molecule has 6 nitrogen and oxygen atoms in total. The van der Waals surface area contributed by atoms with Crippen molar-refractivity contribution in [1.82, 2.24) is 19.8 Å². The molecule has 1 N–H and O–H groups in total. The average molecular weight is 371 g/mol. The van der Waals surface area contributed by atoms with E-state index < -0.39 is 0 Å². The van der Waals surface area contributed by atoms with Gasteiger partial charge in [-0.15, -0.1) is 0 Å². The first-order valence-electron chi connectivity index (χ1n) is 9.65. The van der Waals surface area contributed by atoms with E-state index in [1.165, 1.54) is 12.1 Å². The summed E-state index contributed by atoms with van der Waals surface area (Å²) in [5.74, 6) is 1.18. The minimum Gasteiger partial charge on any atom is -0.370 e. The molecule has 1 saturated heterocycles. The van der Waals surface area contributed by atoms with Gasteiger partial charge in [0.15, 0.2) is 0 Å². The summed E-state index contributed by atoms with van der Waals surface area (Å²) in [6.45, 7) is 2.99. The molecule has 2 amide bonds. The Hall–Kier alpha value is -2.57. The van der Waals surface area contributed by atoms with E-state index in [4.69, 9.17) is 0 Å². The van der Waals surface area contributed by atoms with Crippen LogP contribution in [-0.4, -0.2) is 46.7 Å². The highest BCUT2D eigenvalue weighted by molar-refractivity contribution is 5.75. The van der Waals surface area contributed by atoms with Crippen LogP contribution in [0.3, 0.4) is 0 Å². The molecule has 0 spiro atoms. The first kappa shape index (κ1) is 17.8. The molecule has 0 bridgehead atoms. The topological polar surface area (TPSA) is 53.4 Å². The van der Waals surface area contributed by atoms with E-state index in [-0.39, 0.29) is 17.9 Å². The molecule has 1 aromatic heterocycles. The second-order valence-corrected chi connectivity index (χ2v) is 7.47. The van der Waals surface area contributed by atoms with E-state index in [1.807, 2.05) is 22.7 Å². The van der Waals surface area contributed by atoms with Gasteiger partial charge in [-0.1, -0.05) is 0 Å². The SMILES string of the molecule is Cn1ccnc1[C@H](NC(=O)N1CCCN(c2ccc(F)cc2)CC1)C1CC1. The van der Waals surface area contributed by atoms with Crippen LogP contribution in [-0.2, 0) is 7.05 Å². The van der Waals surface area contributed by atoms with Crippen LogP contribution >= 0.6 is 0 Å². The molecule has 1 atom stereocenters. The van der Waals surface area contributed by atoms with Crippen LogP contribution in [0.25, 0.3) is 0 Å². The normalized spacial score (nSPS) is 18.9. The fourth-order valence-electron chi connectivity index (χ4n) is 3.75. The molecule has 4 rings (SSSR count). The maximum Gasteiger partial charge on any atom is 0.318 e. The number of imidazole rings is 1. The van der Waals surface area contributed by atoms with Crippen LogP contribution < -0.4 is 10.2 Å². The van der Waals surface area contributed by atoms with Gasteiger partial charge in [0.2, 0.25) is 0 Å². The number of halogens is 1. The summed E-state index contributed by atoms with van der Waals surface area (Å²) < 4.78 is 15.1. The Kier molecular flexibility index (Phi) is 5.01. The minimum absolute atomic E-state index is 0.0177. The molecule has 7 heteroatoms. The highest BCUT2D eigenvalue weighted by Gasteiger charge is 2.36. The third-order valence-electron chi connectivity index (χ3n) is 5.48. The lowest BCUT2D eigenvalue weighted by atomic mass is 10.1. The lowest BCUT2D eigenvalue weighted by Crippen LogP contribution is -2.44. The molecule has 1 aliphatic carbocycles. The summed E-state index contributed by atoms with van der Waals surface area (Å²) in [6, 6.07) is 6.53. The van der Waals surface area contributed by atoms with Crippen molar-refractivity contribution in [2.75, 3.05) is 31.1 Å². The Morgan fingerprint density at radius 3 is 2.63 bits per heavy atom. The number of aryl methyl sites for hydroxylation is 1. The summed E-state index contributed by atoms with van der Waals surface area (Å²) >= 11 is 0. The van der Waals surface area contributed by atoms with Gasteiger partial charge in [-0.2, -0.15) is 0 Å². The minimum atomic E-state index is -0.227. The third-order valence-corrected chi connectivity index (χ3v) is 5.48. The van der Waals surface area contributed by atoms with Gasteiger partial charge in [-0.25, -0.2) is 14.2 Å². The van der Waals surface area contributed by atoms with Crippen molar-refractivity contribution in [3.8, 4) is 0 Å². The fraction of sp³-hybridized carbons (Fsp3) is 0.500. The highest BCUT2D eigenvalue weighted by Crippen LogP contribution is 2.40. The number of nitrogens with one attached hydrogen (secondary N) is 1. The number of hydrogen-bond acceptors (Lipinski definition) is 3. The summed E-state index contributed by atoms with van der Waals surface area (Å²) in [7, 11) is 1.97. The van der Waals surface area contributed by atoms with Gasteiger partial charge in [0.05, 0.1) is 6.04 Å². The number of urea groups is 1. The predicted octanol–water partition coefficient (Wildman–Crippen LogP) is 2.93. The van der Waals surface area contributed by atoms with E-state index in [1.54, 1.807) is 18.3 Å². The smallest absolute Gasteiger partial charge is 0.318 e. The van der Waals surface area contributed by atoms with Gasteiger partial charge in [0, 0.05) is 51.3 Å². The van der Waals surface area contributed by atoms with Crippen LogP contribution in [0.5, 0.6) is 0 Å². The molecule has 0 radical (unpaired) electrons. The van der Waals surface area contributed by atoms with Crippen molar-refractivity contribution in [1.29, 1.82) is 0 Å². The third kappa shape index (κ3) is 4.07. The second kappa shape index (κ2) is 7.58. The molecule has 1 saturated carbocycles. The molecule has 2 aromatic rings. The van der Waals surface area contributed by atoms with Crippen molar-refractivity contribution in [3.05, 3.63) is 48.3 Å². The molecule has 144 valence electrons. The van der Waals surface area contributed by atoms with Crippen molar-refractivity contribution in [3.63, 3.8) is 0 Å². The second-order valence-electron chi connectivity index (χ2n) is 7.47. The Bertz CT molecular complexity index is 786. The molecule has 27 heavy (non-hydrogen) atoms.